The van der Waals surface area contributed by atoms with Crippen molar-refractivity contribution in [2.75, 3.05) is 5.01 Å². The van der Waals surface area contributed by atoms with E-state index in [9.17, 15) is 14.7 Å². The molecule has 0 spiro atoms. The van der Waals surface area contributed by atoms with Gasteiger partial charge in [-0.15, -0.1) is 0 Å². The maximum Gasteiger partial charge on any atom is 0.280 e. The lowest BCUT2D eigenvalue weighted by molar-refractivity contribution is -0.255. The number of rotatable bonds is 4. The van der Waals surface area contributed by atoms with Crippen molar-refractivity contribution in [3.05, 3.63) is 82.2 Å². The Balaban J connectivity index is 1.68. The molecule has 0 aliphatic carbocycles. The SMILES string of the molecule is CC1=NN(c2ccc(C(=O)[O-])cc2)C(=O)/C1=C/c1c(C)nn(-c2ccc(C)cc2)c1C. The standard InChI is InChI=1S/C24H22N4O3/c1-14-5-9-19(10-6-14)27-17(4)21(15(2)25-27)13-22-16(3)26-28(23(22)29)20-11-7-18(8-12-20)24(30)31/h5-13H,1-4H3,(H,30,31)/p-1/b22-13+. The number of amides is 1. The number of carbonyl (C=O) groups excluding carboxylic acids is 2. The minimum absolute atomic E-state index is 0.0432. The van der Waals surface area contributed by atoms with Crippen LogP contribution in [0.25, 0.3) is 11.8 Å². The predicted octanol–water partition coefficient (Wildman–Crippen LogP) is 2.97. The van der Waals surface area contributed by atoms with Gasteiger partial charge in [0.2, 0.25) is 0 Å². The van der Waals surface area contributed by atoms with E-state index in [1.165, 1.54) is 34.8 Å². The number of benzene rings is 2. The van der Waals surface area contributed by atoms with E-state index < -0.39 is 5.97 Å². The van der Waals surface area contributed by atoms with Crippen LogP contribution in [0.1, 0.15) is 39.8 Å². The van der Waals surface area contributed by atoms with Gasteiger partial charge in [0.15, 0.2) is 0 Å². The fourth-order valence-electron chi connectivity index (χ4n) is 3.54. The second-order valence-electron chi connectivity index (χ2n) is 7.53. The Hall–Kier alpha value is -4.00. The number of carbonyl (C=O) groups is 2. The third-order valence-corrected chi connectivity index (χ3v) is 5.32. The van der Waals surface area contributed by atoms with Gasteiger partial charge < -0.3 is 9.90 Å². The van der Waals surface area contributed by atoms with Crippen molar-refractivity contribution in [2.24, 2.45) is 5.10 Å². The first kappa shape index (κ1) is 20.3. The lowest BCUT2D eigenvalue weighted by Crippen LogP contribution is -2.23. The van der Waals surface area contributed by atoms with Crippen molar-refractivity contribution >= 4 is 29.4 Å². The van der Waals surface area contributed by atoms with Crippen molar-refractivity contribution in [3.8, 4) is 5.69 Å². The molecular formula is C24H21N4O3-. The Morgan fingerprint density at radius 2 is 1.55 bits per heavy atom. The maximum atomic E-state index is 13.1. The van der Waals surface area contributed by atoms with Gasteiger partial charge >= 0.3 is 0 Å². The molecule has 156 valence electrons. The van der Waals surface area contributed by atoms with E-state index in [2.05, 4.69) is 10.2 Å². The normalized spacial score (nSPS) is 15.0. The van der Waals surface area contributed by atoms with Gasteiger partial charge in [-0.25, -0.2) is 4.68 Å². The quantitative estimate of drug-likeness (QED) is 0.615. The van der Waals surface area contributed by atoms with Gasteiger partial charge in [0.05, 0.1) is 34.3 Å². The number of anilines is 1. The zero-order valence-corrected chi connectivity index (χ0v) is 17.7. The number of aryl methyl sites for hydroxylation is 2. The molecule has 2 heterocycles. The first-order chi connectivity index (χ1) is 14.8. The molecule has 0 radical (unpaired) electrons. The molecule has 7 nitrogen and oxygen atoms in total. The molecule has 0 unspecified atom stereocenters. The van der Waals surface area contributed by atoms with Crippen LogP contribution in [0.4, 0.5) is 5.69 Å². The summed E-state index contributed by atoms with van der Waals surface area (Å²) in [6, 6.07) is 13.9. The number of hydrogen-bond donors (Lipinski definition) is 0. The van der Waals surface area contributed by atoms with Gasteiger partial charge in [-0.3, -0.25) is 4.79 Å². The van der Waals surface area contributed by atoms with Crippen molar-refractivity contribution < 1.29 is 14.7 Å². The number of hydrogen-bond acceptors (Lipinski definition) is 5. The Bertz CT molecular complexity index is 1250. The number of carboxylic acid groups (broad SMARTS) is 1. The third kappa shape index (κ3) is 3.66. The van der Waals surface area contributed by atoms with Crippen LogP contribution in [0.5, 0.6) is 0 Å². The third-order valence-electron chi connectivity index (χ3n) is 5.32. The van der Waals surface area contributed by atoms with E-state index in [1.54, 1.807) is 6.92 Å². The first-order valence-electron chi connectivity index (χ1n) is 9.82. The molecule has 0 atom stereocenters. The summed E-state index contributed by atoms with van der Waals surface area (Å²) in [4.78, 5) is 24.0. The summed E-state index contributed by atoms with van der Waals surface area (Å²) in [5.74, 6) is -1.54. The molecule has 31 heavy (non-hydrogen) atoms. The van der Waals surface area contributed by atoms with Crippen LogP contribution >= 0.6 is 0 Å². The maximum absolute atomic E-state index is 13.1. The van der Waals surface area contributed by atoms with Crippen molar-refractivity contribution in [3.63, 3.8) is 0 Å². The first-order valence-corrected chi connectivity index (χ1v) is 9.82. The highest BCUT2D eigenvalue weighted by Gasteiger charge is 2.29. The van der Waals surface area contributed by atoms with Crippen LogP contribution < -0.4 is 10.1 Å². The van der Waals surface area contributed by atoms with Crippen LogP contribution in [0.2, 0.25) is 0 Å². The molecule has 0 saturated heterocycles. The van der Waals surface area contributed by atoms with E-state index in [-0.39, 0.29) is 11.5 Å². The molecule has 1 aliphatic heterocycles. The van der Waals surface area contributed by atoms with Gasteiger partial charge in [0.25, 0.3) is 5.91 Å². The van der Waals surface area contributed by atoms with Crippen LogP contribution in [0.3, 0.4) is 0 Å². The summed E-state index contributed by atoms with van der Waals surface area (Å²) in [7, 11) is 0. The summed E-state index contributed by atoms with van der Waals surface area (Å²) in [6.45, 7) is 7.68. The molecule has 1 aliphatic rings. The highest BCUT2D eigenvalue weighted by molar-refractivity contribution is 6.32. The molecule has 0 N–H and O–H groups in total. The summed E-state index contributed by atoms with van der Waals surface area (Å²) >= 11 is 0. The topological polar surface area (TPSA) is 90.6 Å². The van der Waals surface area contributed by atoms with Crippen LogP contribution in [-0.4, -0.2) is 27.4 Å². The minimum Gasteiger partial charge on any atom is -0.545 e. The summed E-state index contributed by atoms with van der Waals surface area (Å²) in [5, 5.41) is 21.2. The number of nitrogens with zero attached hydrogens (tertiary/aromatic N) is 4. The minimum atomic E-state index is -1.27. The highest BCUT2D eigenvalue weighted by Crippen LogP contribution is 2.27. The van der Waals surface area contributed by atoms with Crippen LogP contribution in [0, 0.1) is 20.8 Å². The van der Waals surface area contributed by atoms with E-state index in [0.29, 0.717) is 17.0 Å². The Morgan fingerprint density at radius 1 is 0.935 bits per heavy atom. The Morgan fingerprint density at radius 3 is 2.16 bits per heavy atom. The fourth-order valence-corrected chi connectivity index (χ4v) is 3.54. The highest BCUT2D eigenvalue weighted by atomic mass is 16.4. The summed E-state index contributed by atoms with van der Waals surface area (Å²) in [5.41, 5.74) is 6.30. The number of carboxylic acids is 1. The lowest BCUT2D eigenvalue weighted by atomic mass is 10.1. The molecule has 3 aromatic rings. The number of hydrazone groups is 1. The largest absolute Gasteiger partial charge is 0.545 e. The molecule has 2 aromatic carbocycles. The Labute approximate surface area is 179 Å². The summed E-state index contributed by atoms with van der Waals surface area (Å²) in [6.07, 6.45) is 1.82. The molecule has 4 rings (SSSR count). The van der Waals surface area contributed by atoms with Gasteiger partial charge in [0.1, 0.15) is 0 Å². The molecular weight excluding hydrogens is 392 g/mol. The van der Waals surface area contributed by atoms with Crippen molar-refractivity contribution in [2.45, 2.75) is 27.7 Å². The molecule has 0 fully saturated rings. The van der Waals surface area contributed by atoms with E-state index in [0.717, 1.165) is 22.6 Å². The molecule has 1 amide bonds. The smallest absolute Gasteiger partial charge is 0.280 e. The van der Waals surface area contributed by atoms with Crippen LogP contribution in [0.15, 0.2) is 59.2 Å². The zero-order valence-electron chi connectivity index (χ0n) is 17.7. The van der Waals surface area contributed by atoms with Gasteiger partial charge in [-0.05, 0) is 63.6 Å². The Kier molecular flexibility index (Phi) is 5.02. The van der Waals surface area contributed by atoms with Gasteiger partial charge in [-0.1, -0.05) is 29.8 Å². The molecule has 7 heteroatoms. The predicted molar refractivity (Wildman–Crippen MR) is 117 cm³/mol. The second-order valence-corrected chi connectivity index (χ2v) is 7.53. The van der Waals surface area contributed by atoms with Crippen molar-refractivity contribution in [1.82, 2.24) is 9.78 Å². The van der Waals surface area contributed by atoms with Crippen LogP contribution in [-0.2, 0) is 4.79 Å². The van der Waals surface area contributed by atoms with Gasteiger partial charge in [0, 0.05) is 11.3 Å². The fraction of sp³-hybridized carbons (Fsp3) is 0.167. The zero-order chi connectivity index (χ0) is 22.3. The second kappa shape index (κ2) is 7.68. The van der Waals surface area contributed by atoms with E-state index >= 15 is 0 Å². The van der Waals surface area contributed by atoms with Crippen molar-refractivity contribution in [1.29, 1.82) is 0 Å². The molecule has 0 saturated carbocycles. The average molecular weight is 413 g/mol. The number of aromatic nitrogens is 2. The lowest BCUT2D eigenvalue weighted by Gasteiger charge is -2.12. The van der Waals surface area contributed by atoms with E-state index in [4.69, 9.17) is 0 Å². The number of aromatic carboxylic acids is 1. The summed E-state index contributed by atoms with van der Waals surface area (Å²) < 4.78 is 1.86. The average Bonchev–Trinajstić information content (AvgIpc) is 3.19. The van der Waals surface area contributed by atoms with E-state index in [1.807, 2.05) is 55.8 Å². The molecule has 1 aromatic heterocycles. The van der Waals surface area contributed by atoms with Gasteiger partial charge in [-0.2, -0.15) is 15.2 Å². The monoisotopic (exact) mass is 413 g/mol. The molecule has 0 bridgehead atoms.